The fraction of sp³-hybridized carbons (Fsp3) is 0.519. The molecule has 4 rings (SSSR count). The molecule has 8 heteroatoms. The van der Waals surface area contributed by atoms with Gasteiger partial charge in [-0.25, -0.2) is 8.42 Å². The lowest BCUT2D eigenvalue weighted by Gasteiger charge is -2.39. The van der Waals surface area contributed by atoms with Crippen molar-refractivity contribution in [3.8, 4) is 5.75 Å². The van der Waals surface area contributed by atoms with E-state index >= 15 is 0 Å². The van der Waals surface area contributed by atoms with Gasteiger partial charge in [-0.3, -0.25) is 4.79 Å². The van der Waals surface area contributed by atoms with Gasteiger partial charge in [-0.1, -0.05) is 49.7 Å². The summed E-state index contributed by atoms with van der Waals surface area (Å²) in [6.07, 6.45) is 1.38. The Morgan fingerprint density at radius 1 is 1.20 bits per heavy atom. The molecule has 35 heavy (non-hydrogen) atoms. The number of rotatable bonds is 7. The maximum Gasteiger partial charge on any atom is 0.258 e. The molecule has 190 valence electrons. The average molecular weight is 520 g/mol. The third kappa shape index (κ3) is 6.57. The van der Waals surface area contributed by atoms with Gasteiger partial charge in [0.25, 0.3) is 5.91 Å². The monoisotopic (exact) mass is 519 g/mol. The number of hydrogen-bond donors (Lipinski definition) is 1. The average Bonchev–Trinajstić information content (AvgIpc) is 3.10. The van der Waals surface area contributed by atoms with Gasteiger partial charge in [-0.15, -0.1) is 0 Å². The summed E-state index contributed by atoms with van der Waals surface area (Å²) in [6, 6.07) is 15.7. The van der Waals surface area contributed by atoms with E-state index in [4.69, 9.17) is 21.1 Å². The third-order valence-electron chi connectivity index (χ3n) is 7.12. The van der Waals surface area contributed by atoms with E-state index in [-0.39, 0.29) is 30.1 Å². The van der Waals surface area contributed by atoms with Crippen molar-refractivity contribution in [3.63, 3.8) is 0 Å². The molecule has 2 heterocycles. The Hall–Kier alpha value is -2.09. The van der Waals surface area contributed by atoms with Crippen molar-refractivity contribution in [1.82, 2.24) is 5.32 Å². The van der Waals surface area contributed by atoms with Crippen molar-refractivity contribution in [2.24, 2.45) is 11.8 Å². The summed E-state index contributed by atoms with van der Waals surface area (Å²) in [5, 5.41) is 3.56. The molecule has 1 N–H and O–H groups in total. The predicted molar refractivity (Wildman–Crippen MR) is 138 cm³/mol. The van der Waals surface area contributed by atoms with Crippen LogP contribution >= 0.6 is 11.6 Å². The Kier molecular flexibility index (Phi) is 7.79. The topological polar surface area (TPSA) is 81.7 Å². The summed E-state index contributed by atoms with van der Waals surface area (Å²) in [6.45, 7) is 6.67. The Balaban J connectivity index is 1.39. The first kappa shape index (κ1) is 26.0. The van der Waals surface area contributed by atoms with Gasteiger partial charge in [-0.05, 0) is 67.0 Å². The molecule has 2 aliphatic rings. The number of nitrogens with one attached hydrogen (secondary N) is 1. The Morgan fingerprint density at radius 2 is 1.94 bits per heavy atom. The van der Waals surface area contributed by atoms with Crippen LogP contribution in [0.2, 0.25) is 5.02 Å². The lowest BCUT2D eigenvalue weighted by Crippen LogP contribution is -2.48. The third-order valence-corrected chi connectivity index (χ3v) is 9.28. The van der Waals surface area contributed by atoms with E-state index in [1.165, 1.54) is 5.56 Å². The minimum absolute atomic E-state index is 0.0339. The minimum Gasteiger partial charge on any atom is -0.484 e. The van der Waals surface area contributed by atoms with Gasteiger partial charge < -0.3 is 14.8 Å². The van der Waals surface area contributed by atoms with Crippen LogP contribution in [0.25, 0.3) is 0 Å². The fourth-order valence-corrected chi connectivity index (χ4v) is 7.43. The highest BCUT2D eigenvalue weighted by atomic mass is 35.5. The first-order valence-electron chi connectivity index (χ1n) is 12.1. The van der Waals surface area contributed by atoms with Crippen molar-refractivity contribution < 1.29 is 22.7 Å². The highest BCUT2D eigenvalue weighted by Gasteiger charge is 2.39. The Labute approximate surface area is 213 Å². The number of carbonyl (C=O) groups excluding carboxylic acids is 1. The SMILES string of the molecule is CC(C)[C@@H]1C[C@H](c2ccc(Cl)cc2)CO[C@H]1c1cccc(OCC(=O)N[C@@]2(C)CCS(=O)(=O)C2)c1. The lowest BCUT2D eigenvalue weighted by molar-refractivity contribution is -0.124. The van der Waals surface area contributed by atoms with E-state index in [0.717, 1.165) is 17.0 Å². The first-order chi connectivity index (χ1) is 16.5. The molecule has 0 unspecified atom stereocenters. The molecular weight excluding hydrogens is 486 g/mol. The van der Waals surface area contributed by atoms with Gasteiger partial charge in [0.1, 0.15) is 5.75 Å². The van der Waals surface area contributed by atoms with Crippen molar-refractivity contribution in [2.75, 3.05) is 24.7 Å². The van der Waals surface area contributed by atoms with Crippen molar-refractivity contribution in [2.45, 2.75) is 51.2 Å². The molecule has 2 fully saturated rings. The lowest BCUT2D eigenvalue weighted by atomic mass is 9.76. The molecule has 0 radical (unpaired) electrons. The smallest absolute Gasteiger partial charge is 0.258 e. The molecule has 0 bridgehead atoms. The number of sulfone groups is 1. The van der Waals surface area contributed by atoms with Crippen LogP contribution in [-0.4, -0.2) is 44.6 Å². The normalized spacial score (nSPS) is 28.1. The summed E-state index contributed by atoms with van der Waals surface area (Å²) < 4.78 is 35.8. The van der Waals surface area contributed by atoms with E-state index in [0.29, 0.717) is 36.5 Å². The van der Waals surface area contributed by atoms with E-state index in [1.807, 2.05) is 36.4 Å². The second-order valence-electron chi connectivity index (χ2n) is 10.5. The molecule has 2 aliphatic heterocycles. The predicted octanol–water partition coefficient (Wildman–Crippen LogP) is 4.93. The van der Waals surface area contributed by atoms with Gasteiger partial charge in [-0.2, -0.15) is 0 Å². The number of ether oxygens (including phenoxy) is 2. The Bertz CT molecular complexity index is 1150. The van der Waals surface area contributed by atoms with E-state index in [1.54, 1.807) is 6.92 Å². The minimum atomic E-state index is -3.10. The van der Waals surface area contributed by atoms with Crippen LogP contribution in [0.3, 0.4) is 0 Å². The second kappa shape index (κ2) is 10.5. The second-order valence-corrected chi connectivity index (χ2v) is 13.1. The van der Waals surface area contributed by atoms with Crippen molar-refractivity contribution in [1.29, 1.82) is 0 Å². The Morgan fingerprint density at radius 3 is 2.60 bits per heavy atom. The zero-order valence-corrected chi connectivity index (χ0v) is 22.1. The van der Waals surface area contributed by atoms with Crippen LogP contribution in [0.4, 0.5) is 0 Å². The molecule has 0 saturated carbocycles. The molecule has 6 nitrogen and oxygen atoms in total. The van der Waals surface area contributed by atoms with Crippen LogP contribution in [0.5, 0.6) is 5.75 Å². The van der Waals surface area contributed by atoms with Crippen LogP contribution in [-0.2, 0) is 19.4 Å². The van der Waals surface area contributed by atoms with Gasteiger partial charge in [0.2, 0.25) is 0 Å². The summed E-state index contributed by atoms with van der Waals surface area (Å²) in [5.74, 6) is 1.40. The van der Waals surface area contributed by atoms with Crippen LogP contribution in [0.15, 0.2) is 48.5 Å². The first-order valence-corrected chi connectivity index (χ1v) is 14.3. The molecule has 2 saturated heterocycles. The fourth-order valence-electron chi connectivity index (χ4n) is 5.21. The molecule has 0 spiro atoms. The number of carbonyl (C=O) groups is 1. The van der Waals surface area contributed by atoms with Gasteiger partial charge >= 0.3 is 0 Å². The van der Waals surface area contributed by atoms with Crippen molar-refractivity contribution >= 4 is 27.3 Å². The van der Waals surface area contributed by atoms with Crippen LogP contribution in [0.1, 0.15) is 56.8 Å². The van der Waals surface area contributed by atoms with Gasteiger partial charge in [0.15, 0.2) is 16.4 Å². The summed E-state index contributed by atoms with van der Waals surface area (Å²) >= 11 is 6.06. The van der Waals surface area contributed by atoms with E-state index < -0.39 is 15.4 Å². The molecule has 1 amide bonds. The maximum absolute atomic E-state index is 12.4. The molecular formula is C27H34ClNO5S. The molecule has 4 atom stereocenters. The van der Waals surface area contributed by atoms with E-state index in [9.17, 15) is 13.2 Å². The number of amides is 1. The zero-order chi connectivity index (χ0) is 25.2. The van der Waals surface area contributed by atoms with E-state index in [2.05, 4.69) is 31.3 Å². The molecule has 2 aromatic carbocycles. The summed E-state index contributed by atoms with van der Waals surface area (Å²) in [7, 11) is -3.10. The maximum atomic E-state index is 12.4. The number of hydrogen-bond acceptors (Lipinski definition) is 5. The van der Waals surface area contributed by atoms with Gasteiger partial charge in [0.05, 0.1) is 29.8 Å². The number of benzene rings is 2. The molecule has 0 aromatic heterocycles. The quantitative estimate of drug-likeness (QED) is 0.561. The summed E-state index contributed by atoms with van der Waals surface area (Å²) in [4.78, 5) is 12.4. The van der Waals surface area contributed by atoms with Crippen LogP contribution in [0, 0.1) is 11.8 Å². The summed E-state index contributed by atoms with van der Waals surface area (Å²) in [5.41, 5.74) is 1.54. The standard InChI is InChI=1S/C27H34ClNO5S/c1-18(2)24-14-21(19-7-9-22(28)10-8-19)15-34-26(24)20-5-4-6-23(13-20)33-16-25(30)29-27(3)11-12-35(31,32)17-27/h4-10,13,18,21,24,26H,11-12,14-17H2,1-3H3,(H,29,30)/t21-,24-,26-,27-/m0/s1. The highest BCUT2D eigenvalue weighted by molar-refractivity contribution is 7.91. The van der Waals surface area contributed by atoms with Crippen LogP contribution < -0.4 is 10.1 Å². The molecule has 0 aliphatic carbocycles. The highest BCUT2D eigenvalue weighted by Crippen LogP contribution is 2.44. The molecule has 2 aromatic rings. The largest absolute Gasteiger partial charge is 0.484 e. The number of halogens is 1. The van der Waals surface area contributed by atoms with Gasteiger partial charge in [0, 0.05) is 10.9 Å². The zero-order valence-electron chi connectivity index (χ0n) is 20.5. The van der Waals surface area contributed by atoms with Crippen molar-refractivity contribution in [3.05, 3.63) is 64.7 Å².